The van der Waals surface area contributed by atoms with Gasteiger partial charge in [0.1, 0.15) is 0 Å². The number of rotatable bonds is 6. The molecule has 0 aliphatic heterocycles. The van der Waals surface area contributed by atoms with Gasteiger partial charge in [-0.25, -0.2) is 4.79 Å². The van der Waals surface area contributed by atoms with Crippen molar-refractivity contribution >= 4 is 11.7 Å². The number of methoxy groups -OCH3 is 1. The van der Waals surface area contributed by atoms with E-state index in [9.17, 15) is 18.0 Å². The Bertz CT molecular complexity index is 490. The monoisotopic (exact) mass is 304 g/mol. The Kier molecular flexibility index (Phi) is 6.02. The molecule has 4 nitrogen and oxygen atoms in total. The fourth-order valence-corrected chi connectivity index (χ4v) is 2.13. The summed E-state index contributed by atoms with van der Waals surface area (Å²) in [6.07, 6.45) is -3.72. The van der Waals surface area contributed by atoms with Gasteiger partial charge in [0.25, 0.3) is 0 Å². The molecule has 0 aromatic heterocycles. The van der Waals surface area contributed by atoms with E-state index >= 15 is 0 Å². The van der Waals surface area contributed by atoms with E-state index in [2.05, 4.69) is 4.74 Å². The van der Waals surface area contributed by atoms with Gasteiger partial charge < -0.3 is 10.5 Å². The standard InChI is InChI=1S/C14H19F3N2O2/c1-3-7-19(9-14(15,16)17)8-10-5-4-6-11(18)12(10)13(20)21-2/h4-6H,3,7-9,18H2,1-2H3. The summed E-state index contributed by atoms with van der Waals surface area (Å²) >= 11 is 0. The molecule has 1 rings (SSSR count). The van der Waals surface area contributed by atoms with Crippen molar-refractivity contribution in [3.05, 3.63) is 29.3 Å². The van der Waals surface area contributed by atoms with Crippen LogP contribution in [0.2, 0.25) is 0 Å². The predicted molar refractivity (Wildman–Crippen MR) is 73.8 cm³/mol. The van der Waals surface area contributed by atoms with Gasteiger partial charge in [0.15, 0.2) is 0 Å². The molecule has 0 unspecified atom stereocenters. The van der Waals surface area contributed by atoms with E-state index < -0.39 is 18.7 Å². The SMILES string of the molecule is CCCN(Cc1cccc(N)c1C(=O)OC)CC(F)(F)F. The Morgan fingerprint density at radius 2 is 2.05 bits per heavy atom. The summed E-state index contributed by atoms with van der Waals surface area (Å²) in [7, 11) is 1.21. The third-order valence-electron chi connectivity index (χ3n) is 2.91. The average Bonchev–Trinajstić information content (AvgIpc) is 2.36. The van der Waals surface area contributed by atoms with Crippen molar-refractivity contribution in [1.82, 2.24) is 4.90 Å². The van der Waals surface area contributed by atoms with E-state index in [-0.39, 0.29) is 24.3 Å². The van der Waals surface area contributed by atoms with Crippen molar-refractivity contribution in [2.45, 2.75) is 26.1 Å². The number of halogens is 3. The van der Waals surface area contributed by atoms with Crippen LogP contribution < -0.4 is 5.73 Å². The molecule has 2 N–H and O–H groups in total. The highest BCUT2D eigenvalue weighted by atomic mass is 19.4. The molecule has 0 heterocycles. The van der Waals surface area contributed by atoms with Crippen molar-refractivity contribution in [1.29, 1.82) is 0 Å². The smallest absolute Gasteiger partial charge is 0.401 e. The molecule has 0 aliphatic carbocycles. The minimum Gasteiger partial charge on any atom is -0.465 e. The highest BCUT2D eigenvalue weighted by molar-refractivity contribution is 5.96. The number of esters is 1. The van der Waals surface area contributed by atoms with Gasteiger partial charge in [-0.3, -0.25) is 4.90 Å². The molecule has 0 saturated heterocycles. The van der Waals surface area contributed by atoms with Crippen LogP contribution in [0.5, 0.6) is 0 Å². The molecular weight excluding hydrogens is 285 g/mol. The lowest BCUT2D eigenvalue weighted by Gasteiger charge is -2.24. The van der Waals surface area contributed by atoms with Crippen LogP contribution in [0.1, 0.15) is 29.3 Å². The zero-order valence-electron chi connectivity index (χ0n) is 12.0. The summed E-state index contributed by atoms with van der Waals surface area (Å²) in [6.45, 7) is 1.03. The molecule has 7 heteroatoms. The molecule has 0 amide bonds. The maximum Gasteiger partial charge on any atom is 0.401 e. The molecule has 1 aromatic carbocycles. The molecular formula is C14H19F3N2O2. The average molecular weight is 304 g/mol. The topological polar surface area (TPSA) is 55.6 Å². The number of alkyl halides is 3. The molecule has 0 bridgehead atoms. The molecule has 1 aromatic rings. The molecule has 21 heavy (non-hydrogen) atoms. The van der Waals surface area contributed by atoms with Crippen molar-refractivity contribution < 1.29 is 22.7 Å². The van der Waals surface area contributed by atoms with Crippen molar-refractivity contribution in [3.8, 4) is 0 Å². The number of nitrogen functional groups attached to an aromatic ring is 1. The predicted octanol–water partition coefficient (Wildman–Crippen LogP) is 2.83. The van der Waals surface area contributed by atoms with Crippen molar-refractivity contribution in [3.63, 3.8) is 0 Å². The highest BCUT2D eigenvalue weighted by Crippen LogP contribution is 2.23. The maximum absolute atomic E-state index is 12.6. The third kappa shape index (κ3) is 5.26. The van der Waals surface area contributed by atoms with Crippen LogP contribution in [-0.4, -0.2) is 37.2 Å². The lowest BCUT2D eigenvalue weighted by Crippen LogP contribution is -2.34. The Morgan fingerprint density at radius 3 is 2.57 bits per heavy atom. The summed E-state index contributed by atoms with van der Waals surface area (Å²) in [5.74, 6) is -0.647. The van der Waals surface area contributed by atoms with E-state index in [1.54, 1.807) is 19.1 Å². The Morgan fingerprint density at radius 1 is 1.38 bits per heavy atom. The summed E-state index contributed by atoms with van der Waals surface area (Å²) in [4.78, 5) is 13.0. The van der Waals surface area contributed by atoms with E-state index in [4.69, 9.17) is 5.73 Å². The first-order valence-electron chi connectivity index (χ1n) is 6.53. The summed E-state index contributed by atoms with van der Waals surface area (Å²) < 4.78 is 42.4. The van der Waals surface area contributed by atoms with Crippen LogP contribution in [-0.2, 0) is 11.3 Å². The summed E-state index contributed by atoms with van der Waals surface area (Å²) in [5.41, 5.74) is 6.49. The molecule has 0 fully saturated rings. The van der Waals surface area contributed by atoms with Gasteiger partial charge in [0.2, 0.25) is 0 Å². The molecule has 118 valence electrons. The Balaban J connectivity index is 3.03. The van der Waals surface area contributed by atoms with Crippen LogP contribution in [0.25, 0.3) is 0 Å². The number of nitrogens with zero attached hydrogens (tertiary/aromatic N) is 1. The number of ether oxygens (including phenoxy) is 1. The van der Waals surface area contributed by atoms with Gasteiger partial charge in [-0.1, -0.05) is 19.1 Å². The van der Waals surface area contributed by atoms with Crippen LogP contribution in [0.15, 0.2) is 18.2 Å². The first-order valence-corrected chi connectivity index (χ1v) is 6.53. The Hall–Kier alpha value is -1.76. The van der Waals surface area contributed by atoms with Crippen LogP contribution in [0.4, 0.5) is 18.9 Å². The van der Waals surface area contributed by atoms with Gasteiger partial charge in [-0.05, 0) is 24.6 Å². The van der Waals surface area contributed by atoms with E-state index in [0.29, 0.717) is 12.0 Å². The largest absolute Gasteiger partial charge is 0.465 e. The van der Waals surface area contributed by atoms with Gasteiger partial charge in [-0.15, -0.1) is 0 Å². The van der Waals surface area contributed by atoms with Crippen molar-refractivity contribution in [2.75, 3.05) is 25.9 Å². The fraction of sp³-hybridized carbons (Fsp3) is 0.500. The second-order valence-corrected chi connectivity index (χ2v) is 4.70. The maximum atomic E-state index is 12.6. The van der Waals surface area contributed by atoms with Crippen molar-refractivity contribution in [2.24, 2.45) is 0 Å². The summed E-state index contributed by atoms with van der Waals surface area (Å²) in [5, 5.41) is 0. The fourth-order valence-electron chi connectivity index (χ4n) is 2.13. The molecule has 0 spiro atoms. The normalized spacial score (nSPS) is 11.7. The van der Waals surface area contributed by atoms with E-state index in [0.717, 1.165) is 0 Å². The van der Waals surface area contributed by atoms with E-state index in [1.807, 2.05) is 0 Å². The number of nitrogens with two attached hydrogens (primary N) is 1. The Labute approximate surface area is 121 Å². The first kappa shape index (κ1) is 17.3. The van der Waals surface area contributed by atoms with E-state index in [1.165, 1.54) is 18.1 Å². The minimum absolute atomic E-state index is 0.0111. The first-order chi connectivity index (χ1) is 9.78. The molecule has 0 radical (unpaired) electrons. The highest BCUT2D eigenvalue weighted by Gasteiger charge is 2.31. The molecule has 0 saturated carbocycles. The lowest BCUT2D eigenvalue weighted by molar-refractivity contribution is -0.147. The van der Waals surface area contributed by atoms with Gasteiger partial charge in [0, 0.05) is 12.2 Å². The second kappa shape index (κ2) is 7.31. The third-order valence-corrected chi connectivity index (χ3v) is 2.91. The van der Waals surface area contributed by atoms with Crippen LogP contribution in [0.3, 0.4) is 0 Å². The molecule has 0 atom stereocenters. The number of anilines is 1. The quantitative estimate of drug-likeness (QED) is 0.648. The summed E-state index contributed by atoms with van der Waals surface area (Å²) in [6, 6.07) is 4.71. The minimum atomic E-state index is -4.29. The van der Waals surface area contributed by atoms with Crippen LogP contribution >= 0.6 is 0 Å². The second-order valence-electron chi connectivity index (χ2n) is 4.70. The number of benzene rings is 1. The number of hydrogen-bond acceptors (Lipinski definition) is 4. The van der Waals surface area contributed by atoms with Crippen LogP contribution in [0, 0.1) is 0 Å². The number of carbonyl (C=O) groups excluding carboxylic acids is 1. The molecule has 0 aliphatic rings. The zero-order valence-corrected chi connectivity index (χ0v) is 12.0. The zero-order chi connectivity index (χ0) is 16.0. The van der Waals surface area contributed by atoms with Gasteiger partial charge >= 0.3 is 12.1 Å². The van der Waals surface area contributed by atoms with Gasteiger partial charge in [-0.2, -0.15) is 13.2 Å². The number of hydrogen-bond donors (Lipinski definition) is 1. The van der Waals surface area contributed by atoms with Gasteiger partial charge in [0.05, 0.1) is 19.2 Å². The number of carbonyl (C=O) groups is 1. The lowest BCUT2D eigenvalue weighted by atomic mass is 10.0.